The molecule has 0 spiro atoms. The fourth-order valence-electron chi connectivity index (χ4n) is 2.15. The lowest BCUT2D eigenvalue weighted by atomic mass is 10.1. The first-order valence-electron chi connectivity index (χ1n) is 7.14. The minimum absolute atomic E-state index is 0.0528. The summed E-state index contributed by atoms with van der Waals surface area (Å²) in [5, 5.41) is 10.7. The van der Waals surface area contributed by atoms with Crippen molar-refractivity contribution < 1.29 is 13.3 Å². The van der Waals surface area contributed by atoms with Crippen LogP contribution in [0.2, 0.25) is 0 Å². The fraction of sp³-hybridized carbons (Fsp3) is 0.250. The van der Waals surface area contributed by atoms with Crippen LogP contribution in [0.3, 0.4) is 0 Å². The molecule has 0 aromatic heterocycles. The van der Waals surface area contributed by atoms with Crippen molar-refractivity contribution in [2.75, 3.05) is 6.54 Å². The van der Waals surface area contributed by atoms with Crippen molar-refractivity contribution in [1.82, 2.24) is 4.31 Å². The smallest absolute Gasteiger partial charge is 0.258 e. The van der Waals surface area contributed by atoms with Crippen LogP contribution in [-0.4, -0.2) is 24.2 Å². The number of nitro groups is 1. The van der Waals surface area contributed by atoms with Gasteiger partial charge in [-0.2, -0.15) is 4.31 Å². The molecule has 7 heteroatoms. The second kappa shape index (κ2) is 6.89. The monoisotopic (exact) mass is 334 g/mol. The van der Waals surface area contributed by atoms with Crippen LogP contribution in [0.25, 0.3) is 0 Å². The van der Waals surface area contributed by atoms with Gasteiger partial charge in [-0.1, -0.05) is 36.8 Å². The Balaban J connectivity index is 2.27. The number of rotatable bonds is 6. The minimum atomic E-state index is -3.69. The zero-order valence-electron chi connectivity index (χ0n) is 13.0. The van der Waals surface area contributed by atoms with Crippen LogP contribution in [0.4, 0.5) is 5.69 Å². The molecule has 0 aliphatic heterocycles. The van der Waals surface area contributed by atoms with E-state index in [-0.39, 0.29) is 17.1 Å². The minimum Gasteiger partial charge on any atom is -0.258 e. The van der Waals surface area contributed by atoms with Crippen molar-refractivity contribution in [3.05, 3.63) is 69.8 Å². The third kappa shape index (κ3) is 3.94. The molecule has 0 bridgehead atoms. The van der Waals surface area contributed by atoms with Gasteiger partial charge in [0.25, 0.3) is 5.69 Å². The van der Waals surface area contributed by atoms with Gasteiger partial charge in [0.2, 0.25) is 10.0 Å². The normalized spacial score (nSPS) is 11.6. The quantitative estimate of drug-likeness (QED) is 0.600. The molecule has 0 unspecified atom stereocenters. The molecule has 2 aromatic carbocycles. The van der Waals surface area contributed by atoms with Crippen molar-refractivity contribution in [2.24, 2.45) is 0 Å². The highest BCUT2D eigenvalue weighted by Crippen LogP contribution is 2.21. The first-order chi connectivity index (χ1) is 10.8. The van der Waals surface area contributed by atoms with Crippen molar-refractivity contribution >= 4 is 15.7 Å². The number of benzene rings is 2. The molecule has 2 rings (SSSR count). The van der Waals surface area contributed by atoms with Crippen LogP contribution in [0.1, 0.15) is 18.1 Å². The van der Waals surface area contributed by atoms with E-state index in [2.05, 4.69) is 0 Å². The van der Waals surface area contributed by atoms with E-state index in [1.54, 1.807) is 6.92 Å². The molecule has 0 amide bonds. The summed E-state index contributed by atoms with van der Waals surface area (Å²) in [5.41, 5.74) is 1.86. The fourth-order valence-corrected chi connectivity index (χ4v) is 3.59. The Morgan fingerprint density at radius 3 is 2.09 bits per heavy atom. The molecule has 122 valence electrons. The highest BCUT2D eigenvalue weighted by atomic mass is 32.2. The Kier molecular flexibility index (Phi) is 5.12. The van der Waals surface area contributed by atoms with Gasteiger partial charge in [-0.15, -0.1) is 0 Å². The zero-order valence-corrected chi connectivity index (χ0v) is 13.8. The second-order valence-corrected chi connectivity index (χ2v) is 7.11. The summed E-state index contributed by atoms with van der Waals surface area (Å²) in [6.07, 6.45) is 0. The second-order valence-electron chi connectivity index (χ2n) is 5.17. The van der Waals surface area contributed by atoms with Crippen LogP contribution in [-0.2, 0) is 16.6 Å². The Morgan fingerprint density at radius 2 is 1.61 bits per heavy atom. The standard InChI is InChI=1S/C16H18N2O4S/c1-3-17(12-14-6-4-13(2)5-7-14)23(21,22)16-10-8-15(9-11-16)18(19)20/h4-11H,3,12H2,1-2H3. The summed E-state index contributed by atoms with van der Waals surface area (Å²) in [5.74, 6) is 0. The van der Waals surface area contributed by atoms with Gasteiger partial charge in [-0.3, -0.25) is 10.1 Å². The number of hydrogen-bond acceptors (Lipinski definition) is 4. The van der Waals surface area contributed by atoms with E-state index in [1.165, 1.54) is 28.6 Å². The van der Waals surface area contributed by atoms with Crippen LogP contribution in [0.5, 0.6) is 0 Å². The van der Waals surface area contributed by atoms with Crippen molar-refractivity contribution in [3.63, 3.8) is 0 Å². The number of nitro benzene ring substituents is 1. The Labute approximate surface area is 135 Å². The van der Waals surface area contributed by atoms with Crippen molar-refractivity contribution in [1.29, 1.82) is 0 Å². The topological polar surface area (TPSA) is 80.5 Å². The van der Waals surface area contributed by atoms with Gasteiger partial charge in [-0.25, -0.2) is 8.42 Å². The molecular formula is C16H18N2O4S. The average Bonchev–Trinajstić information content (AvgIpc) is 2.54. The van der Waals surface area contributed by atoms with Gasteiger partial charge in [-0.05, 0) is 24.6 Å². The van der Waals surface area contributed by atoms with Crippen molar-refractivity contribution in [3.8, 4) is 0 Å². The molecule has 0 N–H and O–H groups in total. The number of sulfonamides is 1. The highest BCUT2D eigenvalue weighted by Gasteiger charge is 2.23. The number of non-ortho nitro benzene ring substituents is 1. The summed E-state index contributed by atoms with van der Waals surface area (Å²) in [4.78, 5) is 10.2. The summed E-state index contributed by atoms with van der Waals surface area (Å²) in [7, 11) is -3.69. The van der Waals surface area contributed by atoms with E-state index in [0.29, 0.717) is 6.54 Å². The average molecular weight is 334 g/mol. The molecule has 2 aromatic rings. The van der Waals surface area contributed by atoms with Crippen LogP contribution < -0.4 is 0 Å². The van der Waals surface area contributed by atoms with E-state index in [1.807, 2.05) is 31.2 Å². The van der Waals surface area contributed by atoms with Gasteiger partial charge in [0.1, 0.15) is 0 Å². The van der Waals surface area contributed by atoms with E-state index >= 15 is 0 Å². The van der Waals surface area contributed by atoms with E-state index in [4.69, 9.17) is 0 Å². The molecule has 0 fully saturated rings. The summed E-state index contributed by atoms with van der Waals surface area (Å²) in [6.45, 7) is 4.30. The molecule has 0 saturated heterocycles. The van der Waals surface area contributed by atoms with Crippen LogP contribution in [0, 0.1) is 17.0 Å². The van der Waals surface area contributed by atoms with Crippen LogP contribution >= 0.6 is 0 Å². The summed E-state index contributed by atoms with van der Waals surface area (Å²) >= 11 is 0. The van der Waals surface area contributed by atoms with E-state index in [0.717, 1.165) is 11.1 Å². The molecule has 0 radical (unpaired) electrons. The molecule has 0 aliphatic rings. The lowest BCUT2D eigenvalue weighted by Gasteiger charge is -2.20. The van der Waals surface area contributed by atoms with Gasteiger partial charge >= 0.3 is 0 Å². The van der Waals surface area contributed by atoms with Gasteiger partial charge in [0.05, 0.1) is 9.82 Å². The highest BCUT2D eigenvalue weighted by molar-refractivity contribution is 7.89. The Morgan fingerprint density at radius 1 is 1.04 bits per heavy atom. The molecule has 0 aliphatic carbocycles. The van der Waals surface area contributed by atoms with Gasteiger partial charge in [0.15, 0.2) is 0 Å². The maximum absolute atomic E-state index is 12.7. The summed E-state index contributed by atoms with van der Waals surface area (Å²) < 4.78 is 26.7. The summed E-state index contributed by atoms with van der Waals surface area (Å²) in [6, 6.07) is 12.6. The lowest BCUT2D eigenvalue weighted by Crippen LogP contribution is -2.30. The van der Waals surface area contributed by atoms with E-state index < -0.39 is 14.9 Å². The van der Waals surface area contributed by atoms with Gasteiger partial charge in [0, 0.05) is 25.2 Å². The lowest BCUT2D eigenvalue weighted by molar-refractivity contribution is -0.384. The molecule has 6 nitrogen and oxygen atoms in total. The third-order valence-corrected chi connectivity index (χ3v) is 5.45. The van der Waals surface area contributed by atoms with Crippen LogP contribution in [0.15, 0.2) is 53.4 Å². The first-order valence-corrected chi connectivity index (χ1v) is 8.58. The largest absolute Gasteiger partial charge is 0.269 e. The maximum Gasteiger partial charge on any atom is 0.269 e. The molecule has 0 saturated carbocycles. The number of hydrogen-bond donors (Lipinski definition) is 0. The maximum atomic E-state index is 12.7. The van der Waals surface area contributed by atoms with Crippen molar-refractivity contribution in [2.45, 2.75) is 25.3 Å². The van der Waals surface area contributed by atoms with Gasteiger partial charge < -0.3 is 0 Å². The molecule has 23 heavy (non-hydrogen) atoms. The number of aryl methyl sites for hydroxylation is 1. The molecule has 0 atom stereocenters. The predicted octanol–water partition coefficient (Wildman–Crippen LogP) is 3.11. The molecule has 0 heterocycles. The Hall–Kier alpha value is -2.25. The SMILES string of the molecule is CCN(Cc1ccc(C)cc1)S(=O)(=O)c1ccc([N+](=O)[O-])cc1. The Bertz CT molecular complexity index is 784. The van der Waals surface area contributed by atoms with E-state index in [9.17, 15) is 18.5 Å². The zero-order chi connectivity index (χ0) is 17.0. The first kappa shape index (κ1) is 17.1. The number of nitrogens with zero attached hydrogens (tertiary/aromatic N) is 2. The third-order valence-electron chi connectivity index (χ3n) is 3.52. The molecular weight excluding hydrogens is 316 g/mol. The predicted molar refractivity (Wildman–Crippen MR) is 87.5 cm³/mol.